The van der Waals surface area contributed by atoms with E-state index in [2.05, 4.69) is 34.9 Å². The number of carbonyl (C=O) groups excluding carboxylic acids is 2. The quantitative estimate of drug-likeness (QED) is 0.724. The van der Waals surface area contributed by atoms with Crippen LogP contribution in [0.1, 0.15) is 56.3 Å². The number of aryl methyl sites for hydroxylation is 1. The van der Waals surface area contributed by atoms with E-state index < -0.39 is 5.41 Å². The number of amides is 2. The second-order valence-corrected chi connectivity index (χ2v) is 7.93. The van der Waals surface area contributed by atoms with Crippen molar-refractivity contribution in [2.45, 2.75) is 46.6 Å². The molecule has 2 rings (SSSR count). The van der Waals surface area contributed by atoms with Crippen molar-refractivity contribution in [1.29, 1.82) is 0 Å². The Balaban J connectivity index is 1.96. The zero-order valence-electron chi connectivity index (χ0n) is 16.7. The molecular weight excluding hydrogens is 336 g/mol. The summed E-state index contributed by atoms with van der Waals surface area (Å²) in [6.07, 6.45) is 0.989. The van der Waals surface area contributed by atoms with Crippen molar-refractivity contribution >= 4 is 11.8 Å². The van der Waals surface area contributed by atoms with Gasteiger partial charge in [-0.05, 0) is 24.5 Å². The molecule has 0 aromatic heterocycles. The predicted octanol–water partition coefficient (Wildman–Crippen LogP) is 4.14. The Hall–Kier alpha value is -2.62. The van der Waals surface area contributed by atoms with E-state index in [-0.39, 0.29) is 17.9 Å². The van der Waals surface area contributed by atoms with Gasteiger partial charge >= 0.3 is 0 Å². The van der Waals surface area contributed by atoms with Crippen molar-refractivity contribution < 1.29 is 9.59 Å². The van der Waals surface area contributed by atoms with E-state index in [4.69, 9.17) is 0 Å². The van der Waals surface area contributed by atoms with Crippen LogP contribution in [0.4, 0.5) is 0 Å². The van der Waals surface area contributed by atoms with Gasteiger partial charge in [-0.3, -0.25) is 9.59 Å². The fourth-order valence-corrected chi connectivity index (χ4v) is 2.71. The van der Waals surface area contributed by atoms with E-state index in [1.807, 2.05) is 58.0 Å². The van der Waals surface area contributed by atoms with Gasteiger partial charge in [-0.15, -0.1) is 0 Å². The lowest BCUT2D eigenvalue weighted by Crippen LogP contribution is -2.36. The van der Waals surface area contributed by atoms with E-state index in [1.165, 1.54) is 5.56 Å². The van der Waals surface area contributed by atoms with Crippen LogP contribution < -0.4 is 10.6 Å². The van der Waals surface area contributed by atoms with Crippen molar-refractivity contribution in [3.8, 4) is 0 Å². The molecule has 4 nitrogen and oxygen atoms in total. The number of hydrogen-bond donors (Lipinski definition) is 2. The van der Waals surface area contributed by atoms with Crippen molar-refractivity contribution in [3.05, 3.63) is 71.3 Å². The number of carbonyl (C=O) groups is 2. The lowest BCUT2D eigenvalue weighted by molar-refractivity contribution is -0.128. The highest BCUT2D eigenvalue weighted by molar-refractivity contribution is 5.81. The van der Waals surface area contributed by atoms with Gasteiger partial charge in [0.15, 0.2) is 0 Å². The molecule has 0 aliphatic heterocycles. The predicted molar refractivity (Wildman–Crippen MR) is 109 cm³/mol. The number of benzene rings is 2. The van der Waals surface area contributed by atoms with Gasteiger partial charge in [0.05, 0.1) is 6.04 Å². The Labute approximate surface area is 162 Å². The van der Waals surface area contributed by atoms with E-state index in [0.29, 0.717) is 19.4 Å². The van der Waals surface area contributed by atoms with Crippen LogP contribution in [-0.4, -0.2) is 18.4 Å². The summed E-state index contributed by atoms with van der Waals surface area (Å²) in [5.74, 6) is -0.0147. The van der Waals surface area contributed by atoms with Crippen molar-refractivity contribution in [3.63, 3.8) is 0 Å². The molecule has 1 atom stereocenters. The smallest absolute Gasteiger partial charge is 0.225 e. The highest BCUT2D eigenvalue weighted by atomic mass is 16.2. The first-order chi connectivity index (χ1) is 12.8. The van der Waals surface area contributed by atoms with Crippen LogP contribution in [0.25, 0.3) is 0 Å². The molecule has 2 amide bonds. The second-order valence-electron chi connectivity index (χ2n) is 7.93. The largest absolute Gasteiger partial charge is 0.356 e. The summed E-state index contributed by atoms with van der Waals surface area (Å²) in [6, 6.07) is 18.0. The molecular formula is C23H30N2O2. The maximum absolute atomic E-state index is 12.5. The average Bonchev–Trinajstić information content (AvgIpc) is 2.64. The molecule has 0 aliphatic rings. The van der Waals surface area contributed by atoms with Gasteiger partial charge in [0.2, 0.25) is 11.8 Å². The van der Waals surface area contributed by atoms with Crippen LogP contribution in [-0.2, 0) is 9.59 Å². The summed E-state index contributed by atoms with van der Waals surface area (Å²) in [5.41, 5.74) is 2.88. The SMILES string of the molecule is Cc1ccc(C(NC(=O)CCCNC(=O)C(C)(C)C)c2ccccc2)cc1. The molecule has 2 aromatic carbocycles. The molecule has 4 heteroatoms. The summed E-state index contributed by atoms with van der Waals surface area (Å²) in [6.45, 7) is 8.18. The molecule has 2 aromatic rings. The third kappa shape index (κ3) is 6.55. The van der Waals surface area contributed by atoms with E-state index in [9.17, 15) is 9.59 Å². The maximum Gasteiger partial charge on any atom is 0.225 e. The van der Waals surface area contributed by atoms with E-state index in [0.717, 1.165) is 11.1 Å². The molecule has 0 saturated heterocycles. The molecule has 0 bridgehead atoms. The van der Waals surface area contributed by atoms with Crippen molar-refractivity contribution in [1.82, 2.24) is 10.6 Å². The van der Waals surface area contributed by atoms with Crippen LogP contribution >= 0.6 is 0 Å². The van der Waals surface area contributed by atoms with E-state index >= 15 is 0 Å². The number of nitrogens with one attached hydrogen (secondary N) is 2. The zero-order chi connectivity index (χ0) is 19.9. The monoisotopic (exact) mass is 366 g/mol. The van der Waals surface area contributed by atoms with Crippen LogP contribution in [0.15, 0.2) is 54.6 Å². The Morgan fingerprint density at radius 2 is 1.52 bits per heavy atom. The van der Waals surface area contributed by atoms with Crippen LogP contribution in [0.2, 0.25) is 0 Å². The van der Waals surface area contributed by atoms with Crippen LogP contribution in [0, 0.1) is 12.3 Å². The van der Waals surface area contributed by atoms with Crippen molar-refractivity contribution in [2.24, 2.45) is 5.41 Å². The molecule has 1 unspecified atom stereocenters. The molecule has 0 heterocycles. The van der Waals surface area contributed by atoms with Crippen LogP contribution in [0.5, 0.6) is 0 Å². The standard InChI is InChI=1S/C23H30N2O2/c1-17-12-14-19(15-13-17)21(18-9-6-5-7-10-18)25-20(26)11-8-16-24-22(27)23(2,3)4/h5-7,9-10,12-15,21H,8,11,16H2,1-4H3,(H,24,27)(H,25,26). The molecule has 0 fully saturated rings. The first-order valence-corrected chi connectivity index (χ1v) is 9.46. The topological polar surface area (TPSA) is 58.2 Å². The molecule has 0 spiro atoms. The fraction of sp³-hybridized carbons (Fsp3) is 0.391. The Kier molecular flexibility index (Phi) is 7.17. The van der Waals surface area contributed by atoms with Crippen LogP contribution in [0.3, 0.4) is 0 Å². The van der Waals surface area contributed by atoms with Gasteiger partial charge in [-0.2, -0.15) is 0 Å². The van der Waals surface area contributed by atoms with Gasteiger partial charge in [0, 0.05) is 18.4 Å². The molecule has 0 aliphatic carbocycles. The summed E-state index contributed by atoms with van der Waals surface area (Å²) >= 11 is 0. The molecule has 0 saturated carbocycles. The lowest BCUT2D eigenvalue weighted by atomic mass is 9.96. The Morgan fingerprint density at radius 1 is 0.926 bits per heavy atom. The first kappa shape index (κ1) is 20.7. The zero-order valence-corrected chi connectivity index (χ0v) is 16.7. The minimum atomic E-state index is -0.411. The summed E-state index contributed by atoms with van der Waals surface area (Å²) in [7, 11) is 0. The molecule has 0 radical (unpaired) electrons. The molecule has 27 heavy (non-hydrogen) atoms. The normalized spacial score (nSPS) is 12.3. The second kappa shape index (κ2) is 9.36. The van der Waals surface area contributed by atoms with Gasteiger partial charge in [0.1, 0.15) is 0 Å². The van der Waals surface area contributed by atoms with Gasteiger partial charge in [-0.1, -0.05) is 80.9 Å². The third-order valence-corrected chi connectivity index (χ3v) is 4.40. The van der Waals surface area contributed by atoms with Gasteiger partial charge in [0.25, 0.3) is 0 Å². The highest BCUT2D eigenvalue weighted by Gasteiger charge is 2.20. The summed E-state index contributed by atoms with van der Waals surface area (Å²) in [4.78, 5) is 24.4. The number of hydrogen-bond acceptors (Lipinski definition) is 2. The van der Waals surface area contributed by atoms with E-state index in [1.54, 1.807) is 0 Å². The number of rotatable bonds is 7. The Morgan fingerprint density at radius 3 is 2.11 bits per heavy atom. The van der Waals surface area contributed by atoms with Crippen molar-refractivity contribution in [2.75, 3.05) is 6.54 Å². The van der Waals surface area contributed by atoms with Gasteiger partial charge < -0.3 is 10.6 Å². The maximum atomic E-state index is 12.5. The Bertz CT molecular complexity index is 746. The third-order valence-electron chi connectivity index (χ3n) is 4.40. The minimum absolute atomic E-state index is 0.00438. The average molecular weight is 367 g/mol. The van der Waals surface area contributed by atoms with Gasteiger partial charge in [-0.25, -0.2) is 0 Å². The molecule has 2 N–H and O–H groups in total. The fourth-order valence-electron chi connectivity index (χ4n) is 2.71. The minimum Gasteiger partial charge on any atom is -0.356 e. The molecule has 144 valence electrons. The highest BCUT2D eigenvalue weighted by Crippen LogP contribution is 2.22. The summed E-state index contributed by atoms with van der Waals surface area (Å²) < 4.78 is 0. The lowest BCUT2D eigenvalue weighted by Gasteiger charge is -2.20. The summed E-state index contributed by atoms with van der Waals surface area (Å²) in [5, 5.41) is 6.02. The first-order valence-electron chi connectivity index (χ1n) is 9.46.